The number of pyridine rings is 1. The molecule has 16 heavy (non-hydrogen) atoms. The van der Waals surface area contributed by atoms with Crippen LogP contribution in [0.3, 0.4) is 0 Å². The molecule has 0 saturated heterocycles. The molecule has 0 saturated carbocycles. The number of unbranched alkanes of at least 4 members (excludes halogenated alkanes) is 1. The van der Waals surface area contributed by atoms with E-state index in [0.29, 0.717) is 12.5 Å². The van der Waals surface area contributed by atoms with Crippen LogP contribution in [0.25, 0.3) is 0 Å². The van der Waals surface area contributed by atoms with Gasteiger partial charge in [-0.15, -0.1) is 0 Å². The second-order valence-electron chi connectivity index (χ2n) is 4.09. The van der Waals surface area contributed by atoms with E-state index in [1.165, 1.54) is 31.4 Å². The maximum atomic E-state index is 12.6. The highest BCUT2D eigenvalue weighted by Gasteiger charge is 2.10. The molecular formula is C13H21FNO+. The number of aromatic nitrogens is 1. The number of halogens is 1. The first-order chi connectivity index (χ1) is 7.76. The SMILES string of the molecule is CCCCC(CC)CO[n+]1ccc(F)cc1. The van der Waals surface area contributed by atoms with Crippen LogP contribution >= 0.6 is 0 Å². The van der Waals surface area contributed by atoms with E-state index >= 15 is 0 Å². The van der Waals surface area contributed by atoms with Crippen LogP contribution in [0.4, 0.5) is 4.39 Å². The molecule has 0 spiro atoms. The lowest BCUT2D eigenvalue weighted by Gasteiger charge is -2.11. The summed E-state index contributed by atoms with van der Waals surface area (Å²) in [5, 5.41) is 0. The first-order valence-corrected chi connectivity index (χ1v) is 6.06. The minimum Gasteiger partial charge on any atom is -0.271 e. The lowest BCUT2D eigenvalue weighted by molar-refractivity contribution is -0.892. The molecule has 1 heterocycles. The summed E-state index contributed by atoms with van der Waals surface area (Å²) < 4.78 is 14.2. The Morgan fingerprint density at radius 2 is 2.00 bits per heavy atom. The van der Waals surface area contributed by atoms with Gasteiger partial charge in [-0.05, 0) is 18.8 Å². The Bertz CT molecular complexity index is 286. The van der Waals surface area contributed by atoms with Crippen molar-refractivity contribution in [3.8, 4) is 0 Å². The van der Waals surface area contributed by atoms with Crippen LogP contribution in [-0.4, -0.2) is 6.61 Å². The molecule has 1 atom stereocenters. The average molecular weight is 226 g/mol. The van der Waals surface area contributed by atoms with Crippen LogP contribution < -0.4 is 9.57 Å². The minimum atomic E-state index is -0.238. The summed E-state index contributed by atoms with van der Waals surface area (Å²) in [5.41, 5.74) is 0. The van der Waals surface area contributed by atoms with Gasteiger partial charge in [-0.3, -0.25) is 4.84 Å². The van der Waals surface area contributed by atoms with Gasteiger partial charge in [0.25, 0.3) is 0 Å². The maximum Gasteiger partial charge on any atom is 0.225 e. The lowest BCUT2D eigenvalue weighted by Crippen LogP contribution is -2.44. The zero-order chi connectivity index (χ0) is 11.8. The molecule has 1 aromatic heterocycles. The molecule has 0 aliphatic heterocycles. The molecule has 2 nitrogen and oxygen atoms in total. The summed E-state index contributed by atoms with van der Waals surface area (Å²) in [6.07, 6.45) is 8.00. The van der Waals surface area contributed by atoms with E-state index in [4.69, 9.17) is 4.84 Å². The molecule has 1 aromatic rings. The standard InChI is InChI=1S/C13H21FNO/c1-3-5-6-12(4-2)11-16-15-9-7-13(14)8-10-15/h7-10,12H,3-6,11H2,1-2H3/q+1. The molecule has 0 aromatic carbocycles. The van der Waals surface area contributed by atoms with Gasteiger partial charge in [-0.1, -0.05) is 26.7 Å². The number of hydrogen-bond acceptors (Lipinski definition) is 1. The summed E-state index contributed by atoms with van der Waals surface area (Å²) in [6, 6.07) is 2.79. The first kappa shape index (κ1) is 12.9. The molecule has 3 heteroatoms. The molecule has 0 aliphatic carbocycles. The summed E-state index contributed by atoms with van der Waals surface area (Å²) in [5.74, 6) is 0.357. The van der Waals surface area contributed by atoms with Crippen LogP contribution in [0, 0.1) is 11.7 Å². The smallest absolute Gasteiger partial charge is 0.225 e. The van der Waals surface area contributed by atoms with E-state index in [1.807, 2.05) is 0 Å². The third kappa shape index (κ3) is 4.60. The fourth-order valence-electron chi connectivity index (χ4n) is 1.57. The number of rotatable bonds is 7. The Balaban J connectivity index is 2.34. The number of hydrogen-bond donors (Lipinski definition) is 0. The van der Waals surface area contributed by atoms with E-state index in [0.717, 1.165) is 6.42 Å². The summed E-state index contributed by atoms with van der Waals surface area (Å²) >= 11 is 0. The van der Waals surface area contributed by atoms with Crippen molar-refractivity contribution in [3.05, 3.63) is 30.3 Å². The van der Waals surface area contributed by atoms with Gasteiger partial charge in [0.15, 0.2) is 6.61 Å². The van der Waals surface area contributed by atoms with E-state index in [9.17, 15) is 4.39 Å². The van der Waals surface area contributed by atoms with Crippen molar-refractivity contribution < 1.29 is 14.0 Å². The Labute approximate surface area is 97.0 Å². The van der Waals surface area contributed by atoms with Crippen molar-refractivity contribution in [2.75, 3.05) is 6.61 Å². The van der Waals surface area contributed by atoms with Gasteiger partial charge in [0.2, 0.25) is 12.4 Å². The van der Waals surface area contributed by atoms with E-state index < -0.39 is 0 Å². The van der Waals surface area contributed by atoms with Crippen molar-refractivity contribution in [3.63, 3.8) is 0 Å². The fraction of sp³-hybridized carbons (Fsp3) is 0.615. The normalized spacial score (nSPS) is 12.4. The molecule has 0 aliphatic rings. The van der Waals surface area contributed by atoms with E-state index in [-0.39, 0.29) is 5.82 Å². The molecule has 0 N–H and O–H groups in total. The summed E-state index contributed by atoms with van der Waals surface area (Å²) in [4.78, 5) is 5.56. The van der Waals surface area contributed by atoms with Crippen LogP contribution in [0.15, 0.2) is 24.5 Å². The van der Waals surface area contributed by atoms with Crippen molar-refractivity contribution in [2.24, 2.45) is 5.92 Å². The second-order valence-corrected chi connectivity index (χ2v) is 4.09. The monoisotopic (exact) mass is 226 g/mol. The molecule has 0 bridgehead atoms. The van der Waals surface area contributed by atoms with Gasteiger partial charge < -0.3 is 0 Å². The summed E-state index contributed by atoms with van der Waals surface area (Å²) in [6.45, 7) is 5.08. The first-order valence-electron chi connectivity index (χ1n) is 6.06. The van der Waals surface area contributed by atoms with Crippen LogP contribution in [0.2, 0.25) is 0 Å². The maximum absolute atomic E-state index is 12.6. The van der Waals surface area contributed by atoms with E-state index in [2.05, 4.69) is 13.8 Å². The zero-order valence-electron chi connectivity index (χ0n) is 10.2. The van der Waals surface area contributed by atoms with Crippen molar-refractivity contribution >= 4 is 0 Å². The third-order valence-electron chi connectivity index (χ3n) is 2.76. The third-order valence-corrected chi connectivity index (χ3v) is 2.76. The second kappa shape index (κ2) is 7.20. The molecule has 90 valence electrons. The van der Waals surface area contributed by atoms with Gasteiger partial charge in [0.05, 0.1) is 0 Å². The van der Waals surface area contributed by atoms with Gasteiger partial charge in [-0.25, -0.2) is 4.39 Å². The highest BCUT2D eigenvalue weighted by atomic mass is 19.1. The van der Waals surface area contributed by atoms with Crippen molar-refractivity contribution in [1.29, 1.82) is 0 Å². The van der Waals surface area contributed by atoms with Crippen molar-refractivity contribution in [1.82, 2.24) is 0 Å². The van der Waals surface area contributed by atoms with Crippen LogP contribution in [0.1, 0.15) is 39.5 Å². The molecule has 1 unspecified atom stereocenters. The average Bonchev–Trinajstić information content (AvgIpc) is 2.32. The Morgan fingerprint density at radius 1 is 1.31 bits per heavy atom. The highest BCUT2D eigenvalue weighted by Crippen LogP contribution is 2.11. The number of nitrogens with zero attached hydrogens (tertiary/aromatic N) is 1. The highest BCUT2D eigenvalue weighted by molar-refractivity contribution is 4.88. The molecule has 0 fully saturated rings. The van der Waals surface area contributed by atoms with Gasteiger partial charge in [0, 0.05) is 16.9 Å². The zero-order valence-corrected chi connectivity index (χ0v) is 10.2. The van der Waals surface area contributed by atoms with Crippen LogP contribution in [-0.2, 0) is 0 Å². The molecular weight excluding hydrogens is 205 g/mol. The predicted octanol–water partition coefficient (Wildman–Crippen LogP) is 2.76. The van der Waals surface area contributed by atoms with E-state index in [1.54, 1.807) is 17.1 Å². The van der Waals surface area contributed by atoms with Gasteiger partial charge in [0.1, 0.15) is 5.82 Å². The Morgan fingerprint density at radius 3 is 2.56 bits per heavy atom. The summed E-state index contributed by atoms with van der Waals surface area (Å²) in [7, 11) is 0. The molecule has 1 rings (SSSR count). The minimum absolute atomic E-state index is 0.238. The Kier molecular flexibility index (Phi) is 5.83. The van der Waals surface area contributed by atoms with Crippen LogP contribution in [0.5, 0.6) is 0 Å². The fourth-order valence-corrected chi connectivity index (χ4v) is 1.57. The van der Waals surface area contributed by atoms with Gasteiger partial charge >= 0.3 is 0 Å². The molecule has 0 radical (unpaired) electrons. The topological polar surface area (TPSA) is 13.1 Å². The largest absolute Gasteiger partial charge is 0.271 e. The van der Waals surface area contributed by atoms with Crippen molar-refractivity contribution in [2.45, 2.75) is 39.5 Å². The molecule has 0 amide bonds. The predicted molar refractivity (Wildman–Crippen MR) is 61.3 cm³/mol. The lowest BCUT2D eigenvalue weighted by atomic mass is 10.0. The van der Waals surface area contributed by atoms with Gasteiger partial charge in [-0.2, -0.15) is 0 Å². The Hall–Kier alpha value is -1.12. The quantitative estimate of drug-likeness (QED) is 0.652.